The van der Waals surface area contributed by atoms with E-state index < -0.39 is 5.97 Å². The summed E-state index contributed by atoms with van der Waals surface area (Å²) >= 11 is 1.43. The number of carbonyl (C=O) groups is 2. The van der Waals surface area contributed by atoms with Crippen LogP contribution in [-0.2, 0) is 19.1 Å². The molecule has 1 aromatic rings. The fourth-order valence-electron chi connectivity index (χ4n) is 2.09. The summed E-state index contributed by atoms with van der Waals surface area (Å²) in [6.45, 7) is 0.921. The minimum absolute atomic E-state index is 0.0711. The van der Waals surface area contributed by atoms with E-state index in [2.05, 4.69) is 5.32 Å². The number of amides is 1. The van der Waals surface area contributed by atoms with Crippen LogP contribution in [0.2, 0.25) is 0 Å². The maximum Gasteiger partial charge on any atom is 0.307 e. The molecule has 126 valence electrons. The van der Waals surface area contributed by atoms with Gasteiger partial charge in [0.15, 0.2) is 6.61 Å². The van der Waals surface area contributed by atoms with Gasteiger partial charge in [0.25, 0.3) is 5.91 Å². The Kier molecular flexibility index (Phi) is 7.35. The second-order valence-corrected chi connectivity index (χ2v) is 6.32. The first-order valence-electron chi connectivity index (χ1n) is 7.56. The number of hydrogen-bond acceptors (Lipinski definition) is 5. The van der Waals surface area contributed by atoms with Gasteiger partial charge in [-0.25, -0.2) is 4.39 Å². The van der Waals surface area contributed by atoms with Gasteiger partial charge in [-0.3, -0.25) is 9.59 Å². The molecule has 1 saturated heterocycles. The molecule has 7 heteroatoms. The van der Waals surface area contributed by atoms with E-state index in [9.17, 15) is 14.0 Å². The lowest BCUT2D eigenvalue weighted by atomic mass is 10.2. The smallest absolute Gasteiger partial charge is 0.307 e. The standard InChI is InChI=1S/C16H20FNO4S/c17-12-3-5-14(6-4-12)23-9-7-16(20)22-11-15(19)18-10-13-2-1-8-21-13/h3-6,13H,1-2,7-11H2,(H,18,19)/t13-/m1/s1. The summed E-state index contributed by atoms with van der Waals surface area (Å²) in [6, 6.07) is 6.06. The first-order chi connectivity index (χ1) is 11.1. The molecule has 0 bridgehead atoms. The molecule has 0 spiro atoms. The molecule has 1 atom stereocenters. The van der Waals surface area contributed by atoms with Gasteiger partial charge in [0.1, 0.15) is 5.82 Å². The Morgan fingerprint density at radius 1 is 1.35 bits per heavy atom. The average molecular weight is 341 g/mol. The molecular weight excluding hydrogens is 321 g/mol. The monoisotopic (exact) mass is 341 g/mol. The van der Waals surface area contributed by atoms with Crippen LogP contribution in [-0.4, -0.2) is 43.5 Å². The molecule has 1 amide bonds. The molecule has 0 aromatic heterocycles. The summed E-state index contributed by atoms with van der Waals surface area (Å²) in [6.07, 6.45) is 2.23. The highest BCUT2D eigenvalue weighted by molar-refractivity contribution is 7.99. The lowest BCUT2D eigenvalue weighted by molar-refractivity contribution is -0.148. The van der Waals surface area contributed by atoms with Crippen molar-refractivity contribution < 1.29 is 23.5 Å². The van der Waals surface area contributed by atoms with E-state index in [0.717, 1.165) is 24.3 Å². The predicted octanol–water partition coefficient (Wildman–Crippen LogP) is 2.15. The highest BCUT2D eigenvalue weighted by Gasteiger charge is 2.16. The van der Waals surface area contributed by atoms with E-state index in [1.54, 1.807) is 12.1 Å². The third kappa shape index (κ3) is 7.00. The van der Waals surface area contributed by atoms with Crippen molar-refractivity contribution in [3.8, 4) is 0 Å². The third-order valence-corrected chi connectivity index (χ3v) is 4.32. The average Bonchev–Trinajstić information content (AvgIpc) is 3.06. The van der Waals surface area contributed by atoms with Crippen LogP contribution in [0.15, 0.2) is 29.2 Å². The van der Waals surface area contributed by atoms with Gasteiger partial charge in [-0.2, -0.15) is 0 Å². The summed E-state index contributed by atoms with van der Waals surface area (Å²) < 4.78 is 23.0. The largest absolute Gasteiger partial charge is 0.456 e. The molecule has 1 aliphatic rings. The summed E-state index contributed by atoms with van der Waals surface area (Å²) in [4.78, 5) is 24.0. The van der Waals surface area contributed by atoms with Crippen LogP contribution in [0.25, 0.3) is 0 Å². The molecule has 2 rings (SSSR count). The van der Waals surface area contributed by atoms with Gasteiger partial charge in [0, 0.05) is 23.8 Å². The molecule has 1 aliphatic heterocycles. The Morgan fingerprint density at radius 3 is 2.83 bits per heavy atom. The molecule has 0 aliphatic carbocycles. The maximum absolute atomic E-state index is 12.7. The molecule has 0 unspecified atom stereocenters. The Bertz CT molecular complexity index is 517. The summed E-state index contributed by atoms with van der Waals surface area (Å²) in [7, 11) is 0. The van der Waals surface area contributed by atoms with Gasteiger partial charge in [0.2, 0.25) is 0 Å². The van der Waals surface area contributed by atoms with Crippen molar-refractivity contribution in [2.45, 2.75) is 30.3 Å². The maximum atomic E-state index is 12.7. The number of carbonyl (C=O) groups excluding carboxylic acids is 2. The number of ether oxygens (including phenoxy) is 2. The first kappa shape index (κ1) is 17.7. The van der Waals surface area contributed by atoms with Crippen LogP contribution in [0.4, 0.5) is 4.39 Å². The minimum Gasteiger partial charge on any atom is -0.456 e. The first-order valence-corrected chi connectivity index (χ1v) is 8.54. The van der Waals surface area contributed by atoms with Gasteiger partial charge >= 0.3 is 5.97 Å². The van der Waals surface area contributed by atoms with Gasteiger partial charge in [-0.1, -0.05) is 0 Å². The number of hydrogen-bond donors (Lipinski definition) is 1. The summed E-state index contributed by atoms with van der Waals surface area (Å²) in [5.74, 6) is -0.517. The van der Waals surface area contributed by atoms with E-state index in [1.165, 1.54) is 23.9 Å². The topological polar surface area (TPSA) is 64.6 Å². The SMILES string of the molecule is O=C(COC(=O)CCSc1ccc(F)cc1)NC[C@H]1CCCO1. The van der Waals surface area contributed by atoms with Gasteiger partial charge in [-0.05, 0) is 37.1 Å². The zero-order valence-electron chi connectivity index (χ0n) is 12.8. The molecule has 0 saturated carbocycles. The van der Waals surface area contributed by atoms with E-state index in [4.69, 9.17) is 9.47 Å². The molecule has 1 aromatic carbocycles. The third-order valence-electron chi connectivity index (χ3n) is 3.30. The molecular formula is C16H20FNO4S. The van der Waals surface area contributed by atoms with Crippen LogP contribution in [0.5, 0.6) is 0 Å². The van der Waals surface area contributed by atoms with E-state index in [1.807, 2.05) is 0 Å². The molecule has 0 radical (unpaired) electrons. The van der Waals surface area contributed by atoms with Crippen LogP contribution >= 0.6 is 11.8 Å². The fourth-order valence-corrected chi connectivity index (χ4v) is 2.92. The van der Waals surface area contributed by atoms with Crippen molar-refractivity contribution in [3.63, 3.8) is 0 Å². The van der Waals surface area contributed by atoms with E-state index in [-0.39, 0.29) is 30.9 Å². The lowest BCUT2D eigenvalue weighted by Gasteiger charge is -2.10. The van der Waals surface area contributed by atoms with E-state index >= 15 is 0 Å². The van der Waals surface area contributed by atoms with Crippen LogP contribution in [0.1, 0.15) is 19.3 Å². The van der Waals surface area contributed by atoms with Crippen LogP contribution < -0.4 is 5.32 Å². The van der Waals surface area contributed by atoms with E-state index in [0.29, 0.717) is 12.3 Å². The minimum atomic E-state index is -0.424. The summed E-state index contributed by atoms with van der Waals surface area (Å²) in [5, 5.41) is 2.69. The molecule has 5 nitrogen and oxygen atoms in total. The highest BCUT2D eigenvalue weighted by atomic mass is 32.2. The Morgan fingerprint density at radius 2 is 2.13 bits per heavy atom. The molecule has 23 heavy (non-hydrogen) atoms. The predicted molar refractivity (Wildman–Crippen MR) is 84.7 cm³/mol. The van der Waals surface area contributed by atoms with Crippen molar-refractivity contribution in [2.75, 3.05) is 25.5 Å². The van der Waals surface area contributed by atoms with Gasteiger partial charge < -0.3 is 14.8 Å². The quantitative estimate of drug-likeness (QED) is 0.580. The second kappa shape index (κ2) is 9.52. The number of halogens is 1. The van der Waals surface area contributed by atoms with Crippen LogP contribution in [0.3, 0.4) is 0 Å². The van der Waals surface area contributed by atoms with Crippen molar-refractivity contribution in [2.24, 2.45) is 0 Å². The second-order valence-electron chi connectivity index (χ2n) is 5.15. The zero-order chi connectivity index (χ0) is 16.5. The van der Waals surface area contributed by atoms with Gasteiger partial charge in [0.05, 0.1) is 12.5 Å². The van der Waals surface area contributed by atoms with Crippen molar-refractivity contribution in [1.82, 2.24) is 5.32 Å². The number of nitrogens with one attached hydrogen (secondary N) is 1. The molecule has 1 fully saturated rings. The van der Waals surface area contributed by atoms with Crippen molar-refractivity contribution in [1.29, 1.82) is 0 Å². The van der Waals surface area contributed by atoms with Crippen molar-refractivity contribution >= 4 is 23.6 Å². The number of esters is 1. The number of rotatable bonds is 8. The van der Waals surface area contributed by atoms with Gasteiger partial charge in [-0.15, -0.1) is 11.8 Å². The van der Waals surface area contributed by atoms with Crippen LogP contribution in [0, 0.1) is 5.82 Å². The van der Waals surface area contributed by atoms with Crippen molar-refractivity contribution in [3.05, 3.63) is 30.1 Å². The molecule has 1 heterocycles. The fraction of sp³-hybridized carbons (Fsp3) is 0.500. The Labute approximate surface area is 138 Å². The Hall–Kier alpha value is -1.60. The highest BCUT2D eigenvalue weighted by Crippen LogP contribution is 2.18. The number of thioether (sulfide) groups is 1. The zero-order valence-corrected chi connectivity index (χ0v) is 13.6. The summed E-state index contributed by atoms with van der Waals surface area (Å²) in [5.41, 5.74) is 0. The number of benzene rings is 1. The Balaban J connectivity index is 1.53. The lowest BCUT2D eigenvalue weighted by Crippen LogP contribution is -2.34. The molecule has 1 N–H and O–H groups in total. The normalized spacial score (nSPS) is 17.0.